The molecule has 0 bridgehead atoms. The van der Waals surface area contributed by atoms with Crippen molar-refractivity contribution >= 4 is 0 Å². The van der Waals surface area contributed by atoms with Crippen molar-refractivity contribution in [3.8, 4) is 17.3 Å². The van der Waals surface area contributed by atoms with Gasteiger partial charge in [0.25, 0.3) is 5.56 Å². The highest BCUT2D eigenvalue weighted by molar-refractivity contribution is 5.65. The second-order valence-electron chi connectivity index (χ2n) is 5.39. The molecule has 1 heterocycles. The monoisotopic (exact) mass is 253 g/mol. The third-order valence-corrected chi connectivity index (χ3v) is 2.99. The average molecular weight is 253 g/mol. The Bertz CT molecular complexity index is 685. The minimum Gasteiger partial charge on any atom is -0.312 e. The van der Waals surface area contributed by atoms with Crippen molar-refractivity contribution in [2.45, 2.75) is 26.2 Å². The van der Waals surface area contributed by atoms with E-state index in [0.29, 0.717) is 5.69 Å². The molecule has 1 aromatic heterocycles. The third kappa shape index (κ3) is 2.55. The van der Waals surface area contributed by atoms with E-state index in [1.807, 2.05) is 30.3 Å². The Labute approximate surface area is 111 Å². The molecule has 0 aliphatic carbocycles. The smallest absolute Gasteiger partial charge is 0.269 e. The number of aromatic nitrogens is 2. The molecule has 0 atom stereocenters. The number of nitrogens with zero attached hydrogens (tertiary/aromatic N) is 2. The van der Waals surface area contributed by atoms with Crippen LogP contribution in [0, 0.1) is 11.3 Å². The fourth-order valence-corrected chi connectivity index (χ4v) is 1.85. The Hall–Kier alpha value is -2.41. The average Bonchev–Trinajstić information content (AvgIpc) is 2.37. The van der Waals surface area contributed by atoms with Gasteiger partial charge in [0.2, 0.25) is 0 Å². The molecule has 2 aromatic rings. The van der Waals surface area contributed by atoms with E-state index in [2.05, 4.69) is 30.7 Å². The first kappa shape index (κ1) is 13.0. The highest BCUT2D eigenvalue weighted by Gasteiger charge is 2.15. The Morgan fingerprint density at radius 1 is 1.21 bits per heavy atom. The van der Waals surface area contributed by atoms with Gasteiger partial charge >= 0.3 is 0 Å². The molecular formula is C15H15N3O. The topological polar surface area (TPSA) is 69.5 Å². The molecule has 4 nitrogen and oxygen atoms in total. The van der Waals surface area contributed by atoms with Crippen LogP contribution in [0.2, 0.25) is 0 Å². The summed E-state index contributed by atoms with van der Waals surface area (Å²) in [5, 5.41) is 9.03. The number of nitriles is 1. The van der Waals surface area contributed by atoms with Crippen LogP contribution in [0.3, 0.4) is 0 Å². The van der Waals surface area contributed by atoms with Gasteiger partial charge in [-0.25, -0.2) is 4.98 Å². The summed E-state index contributed by atoms with van der Waals surface area (Å²) in [5.74, 6) is 0. The third-order valence-electron chi connectivity index (χ3n) is 2.99. The van der Waals surface area contributed by atoms with E-state index in [1.165, 1.54) is 11.9 Å². The van der Waals surface area contributed by atoms with Crippen LogP contribution in [0.5, 0.6) is 0 Å². The van der Waals surface area contributed by atoms with Crippen molar-refractivity contribution in [1.82, 2.24) is 9.97 Å². The Morgan fingerprint density at radius 3 is 2.37 bits per heavy atom. The number of H-pyrrole nitrogens is 1. The largest absolute Gasteiger partial charge is 0.312 e. The lowest BCUT2D eigenvalue weighted by atomic mass is 9.86. The fourth-order valence-electron chi connectivity index (χ4n) is 1.85. The van der Waals surface area contributed by atoms with Crippen molar-refractivity contribution in [2.24, 2.45) is 0 Å². The summed E-state index contributed by atoms with van der Waals surface area (Å²) in [5.41, 5.74) is 2.10. The first-order valence-electron chi connectivity index (χ1n) is 6.02. The maximum absolute atomic E-state index is 11.6. The number of rotatable bonds is 1. The number of nitrogens with one attached hydrogen (secondary N) is 1. The van der Waals surface area contributed by atoms with E-state index in [1.54, 1.807) is 0 Å². The molecule has 2 rings (SSSR count). The maximum Gasteiger partial charge on any atom is 0.269 e. The summed E-state index contributed by atoms with van der Waals surface area (Å²) in [7, 11) is 0. The molecule has 0 aliphatic heterocycles. The molecule has 0 fully saturated rings. The molecule has 1 aromatic carbocycles. The first-order chi connectivity index (χ1) is 8.93. The molecule has 0 radical (unpaired) electrons. The van der Waals surface area contributed by atoms with Crippen LogP contribution in [0.25, 0.3) is 11.3 Å². The second-order valence-corrected chi connectivity index (χ2v) is 5.39. The van der Waals surface area contributed by atoms with Crippen LogP contribution in [0.4, 0.5) is 0 Å². The molecule has 1 N–H and O–H groups in total. The Kier molecular flexibility index (Phi) is 3.22. The summed E-state index contributed by atoms with van der Waals surface area (Å²) in [6, 6.07) is 9.68. The lowest BCUT2D eigenvalue weighted by Crippen LogP contribution is -2.13. The second kappa shape index (κ2) is 4.69. The van der Waals surface area contributed by atoms with Gasteiger partial charge in [-0.3, -0.25) is 4.79 Å². The molecule has 0 unspecified atom stereocenters. The van der Waals surface area contributed by atoms with Crippen LogP contribution in [0.15, 0.2) is 35.4 Å². The van der Waals surface area contributed by atoms with Gasteiger partial charge in [0.05, 0.1) is 12.0 Å². The summed E-state index contributed by atoms with van der Waals surface area (Å²) in [6.07, 6.45) is 1.32. The van der Waals surface area contributed by atoms with E-state index in [-0.39, 0.29) is 11.0 Å². The minimum atomic E-state index is -0.410. The van der Waals surface area contributed by atoms with Gasteiger partial charge in [-0.15, -0.1) is 0 Å². The predicted molar refractivity (Wildman–Crippen MR) is 73.7 cm³/mol. The SMILES string of the molecule is CC(C)(C)c1ccc(-c2nc[nH]c(=O)c2C#N)cc1. The Balaban J connectivity index is 2.53. The molecule has 0 saturated heterocycles. The normalized spacial score (nSPS) is 11.1. The Morgan fingerprint density at radius 2 is 1.84 bits per heavy atom. The number of aromatic amines is 1. The van der Waals surface area contributed by atoms with Crippen LogP contribution >= 0.6 is 0 Å². The lowest BCUT2D eigenvalue weighted by Gasteiger charge is -2.19. The molecule has 0 aliphatic rings. The van der Waals surface area contributed by atoms with Gasteiger partial charge in [0.15, 0.2) is 0 Å². The van der Waals surface area contributed by atoms with Crippen molar-refractivity contribution in [3.05, 3.63) is 52.1 Å². The van der Waals surface area contributed by atoms with Gasteiger partial charge < -0.3 is 4.98 Å². The standard InChI is InChI=1S/C15H15N3O/c1-15(2,3)11-6-4-10(5-7-11)13-12(8-16)14(19)18-9-17-13/h4-7,9H,1-3H3,(H,17,18,19). The van der Waals surface area contributed by atoms with Gasteiger partial charge in [-0.05, 0) is 11.0 Å². The van der Waals surface area contributed by atoms with Crippen LogP contribution in [-0.2, 0) is 5.41 Å². The predicted octanol–water partition coefficient (Wildman–Crippen LogP) is 2.61. The molecular weight excluding hydrogens is 238 g/mol. The molecule has 0 amide bonds. The van der Waals surface area contributed by atoms with Crippen molar-refractivity contribution in [1.29, 1.82) is 5.26 Å². The highest BCUT2D eigenvalue weighted by atomic mass is 16.1. The molecule has 19 heavy (non-hydrogen) atoms. The van der Waals surface area contributed by atoms with Gasteiger partial charge in [0, 0.05) is 5.56 Å². The van der Waals surface area contributed by atoms with Crippen LogP contribution in [-0.4, -0.2) is 9.97 Å². The van der Waals surface area contributed by atoms with Crippen molar-refractivity contribution in [3.63, 3.8) is 0 Å². The van der Waals surface area contributed by atoms with Gasteiger partial charge in [-0.1, -0.05) is 45.0 Å². The van der Waals surface area contributed by atoms with E-state index in [4.69, 9.17) is 5.26 Å². The molecule has 4 heteroatoms. The molecule has 0 spiro atoms. The van der Waals surface area contributed by atoms with Gasteiger partial charge in [-0.2, -0.15) is 5.26 Å². The number of hydrogen-bond acceptors (Lipinski definition) is 3. The maximum atomic E-state index is 11.6. The lowest BCUT2D eigenvalue weighted by molar-refractivity contribution is 0.590. The number of benzene rings is 1. The summed E-state index contributed by atoms with van der Waals surface area (Å²) >= 11 is 0. The van der Waals surface area contributed by atoms with Gasteiger partial charge in [0.1, 0.15) is 11.6 Å². The quantitative estimate of drug-likeness (QED) is 0.849. The van der Waals surface area contributed by atoms with Crippen LogP contribution < -0.4 is 5.56 Å². The fraction of sp³-hybridized carbons (Fsp3) is 0.267. The van der Waals surface area contributed by atoms with E-state index in [0.717, 1.165) is 5.56 Å². The highest BCUT2D eigenvalue weighted by Crippen LogP contribution is 2.25. The minimum absolute atomic E-state index is 0.0472. The molecule has 96 valence electrons. The van der Waals surface area contributed by atoms with Crippen molar-refractivity contribution in [2.75, 3.05) is 0 Å². The number of hydrogen-bond donors (Lipinski definition) is 1. The zero-order chi connectivity index (χ0) is 14.0. The van der Waals surface area contributed by atoms with E-state index in [9.17, 15) is 4.79 Å². The summed E-state index contributed by atoms with van der Waals surface area (Å²) < 4.78 is 0. The first-order valence-corrected chi connectivity index (χ1v) is 6.02. The summed E-state index contributed by atoms with van der Waals surface area (Å²) in [6.45, 7) is 6.40. The van der Waals surface area contributed by atoms with E-state index < -0.39 is 5.56 Å². The molecule has 0 saturated carbocycles. The zero-order valence-corrected chi connectivity index (χ0v) is 11.2. The van der Waals surface area contributed by atoms with E-state index >= 15 is 0 Å². The van der Waals surface area contributed by atoms with Crippen LogP contribution in [0.1, 0.15) is 31.9 Å². The van der Waals surface area contributed by atoms with Crippen molar-refractivity contribution < 1.29 is 0 Å². The zero-order valence-electron chi connectivity index (χ0n) is 11.2. The summed E-state index contributed by atoms with van der Waals surface area (Å²) in [4.78, 5) is 18.1.